The van der Waals surface area contributed by atoms with Crippen LogP contribution in [0.25, 0.3) is 0 Å². The minimum Gasteiger partial charge on any atom is -0.480 e. The van der Waals surface area contributed by atoms with E-state index >= 15 is 0 Å². The van der Waals surface area contributed by atoms with Crippen molar-refractivity contribution in [3.8, 4) is 12.3 Å². The third-order valence-electron chi connectivity index (χ3n) is 2.27. The molecule has 0 aromatic carbocycles. The van der Waals surface area contributed by atoms with Crippen LogP contribution >= 0.6 is 0 Å². The third kappa shape index (κ3) is 3.92. The van der Waals surface area contributed by atoms with Crippen molar-refractivity contribution in [3.63, 3.8) is 0 Å². The smallest absolute Gasteiger partial charge is 0.326 e. The molecule has 0 aliphatic carbocycles. The Hall–Kier alpha value is -2.33. The van der Waals surface area contributed by atoms with Gasteiger partial charge in [0.15, 0.2) is 0 Å². The maximum Gasteiger partial charge on any atom is 0.326 e. The number of carboxylic acids is 1. The van der Waals surface area contributed by atoms with E-state index in [1.807, 2.05) is 0 Å². The summed E-state index contributed by atoms with van der Waals surface area (Å²) in [5.74, 6) is 0.516. The average molecular weight is 250 g/mol. The van der Waals surface area contributed by atoms with Crippen LogP contribution in [-0.2, 0) is 16.0 Å². The van der Waals surface area contributed by atoms with Crippen LogP contribution in [-0.4, -0.2) is 39.0 Å². The van der Waals surface area contributed by atoms with Crippen LogP contribution in [0, 0.1) is 12.3 Å². The van der Waals surface area contributed by atoms with Gasteiger partial charge in [0.05, 0.1) is 12.4 Å². The summed E-state index contributed by atoms with van der Waals surface area (Å²) in [5, 5.41) is 11.3. The molecule has 0 saturated heterocycles. The summed E-state index contributed by atoms with van der Waals surface area (Å²) in [6.45, 7) is 0. The molecular formula is C11H14N4O3. The van der Waals surface area contributed by atoms with Gasteiger partial charge in [-0.05, 0) is 0 Å². The van der Waals surface area contributed by atoms with Gasteiger partial charge in [0.1, 0.15) is 6.04 Å². The van der Waals surface area contributed by atoms with Crippen molar-refractivity contribution in [2.75, 3.05) is 0 Å². The largest absolute Gasteiger partial charge is 0.480 e. The minimum absolute atomic E-state index is 0.0578. The van der Waals surface area contributed by atoms with E-state index in [-0.39, 0.29) is 12.8 Å². The van der Waals surface area contributed by atoms with Gasteiger partial charge in [0.25, 0.3) is 0 Å². The zero-order valence-corrected chi connectivity index (χ0v) is 9.59. The van der Waals surface area contributed by atoms with E-state index in [0.717, 1.165) is 0 Å². The summed E-state index contributed by atoms with van der Waals surface area (Å²) >= 11 is 0. The van der Waals surface area contributed by atoms with Crippen LogP contribution in [0.1, 0.15) is 12.1 Å². The highest BCUT2D eigenvalue weighted by Crippen LogP contribution is 1.99. The quantitative estimate of drug-likeness (QED) is 0.476. The van der Waals surface area contributed by atoms with Gasteiger partial charge in [0.2, 0.25) is 5.91 Å². The zero-order chi connectivity index (χ0) is 13.5. The van der Waals surface area contributed by atoms with E-state index in [2.05, 4.69) is 21.2 Å². The Kier molecular flexibility index (Phi) is 4.90. The summed E-state index contributed by atoms with van der Waals surface area (Å²) in [4.78, 5) is 29.1. The SMILES string of the molecule is C#CCC(N)C(=O)N[C@@H](Cc1cnc[nH]1)C(=O)O. The molecule has 7 nitrogen and oxygen atoms in total. The highest BCUT2D eigenvalue weighted by molar-refractivity contribution is 5.87. The van der Waals surface area contributed by atoms with Gasteiger partial charge < -0.3 is 21.1 Å². The minimum atomic E-state index is -1.15. The number of amides is 1. The molecule has 0 aliphatic rings. The summed E-state index contributed by atoms with van der Waals surface area (Å²) in [5.41, 5.74) is 6.09. The molecule has 0 radical (unpaired) electrons. The number of imidazole rings is 1. The molecule has 1 amide bonds. The fourth-order valence-electron chi connectivity index (χ4n) is 1.31. The van der Waals surface area contributed by atoms with Crippen LogP contribution in [0.15, 0.2) is 12.5 Å². The molecule has 1 rings (SSSR count). The Morgan fingerprint density at radius 2 is 2.39 bits per heavy atom. The van der Waals surface area contributed by atoms with Crippen molar-refractivity contribution in [3.05, 3.63) is 18.2 Å². The second-order valence-corrected chi connectivity index (χ2v) is 3.70. The van der Waals surface area contributed by atoms with Crippen LogP contribution in [0.5, 0.6) is 0 Å². The van der Waals surface area contributed by atoms with Crippen molar-refractivity contribution < 1.29 is 14.7 Å². The number of rotatable bonds is 6. The number of hydrogen-bond donors (Lipinski definition) is 4. The van der Waals surface area contributed by atoms with E-state index in [1.165, 1.54) is 12.5 Å². The van der Waals surface area contributed by atoms with E-state index < -0.39 is 24.0 Å². The van der Waals surface area contributed by atoms with E-state index in [0.29, 0.717) is 5.69 Å². The standard InChI is InChI=1S/C11H14N4O3/c1-2-3-8(12)10(16)15-9(11(17)18)4-7-5-13-6-14-7/h1,5-6,8-9H,3-4,12H2,(H,13,14)(H,15,16)(H,17,18)/t8?,9-/m0/s1. The predicted molar refractivity (Wildman–Crippen MR) is 63.3 cm³/mol. The number of nitrogens with zero attached hydrogens (tertiary/aromatic N) is 1. The molecule has 5 N–H and O–H groups in total. The van der Waals surface area contributed by atoms with Crippen LogP contribution in [0.4, 0.5) is 0 Å². The van der Waals surface area contributed by atoms with Crippen molar-refractivity contribution in [2.24, 2.45) is 5.73 Å². The molecule has 1 heterocycles. The number of hydrogen-bond acceptors (Lipinski definition) is 4. The number of aromatic nitrogens is 2. The first-order valence-electron chi connectivity index (χ1n) is 5.24. The number of carbonyl (C=O) groups is 2. The molecule has 0 spiro atoms. The maximum absolute atomic E-state index is 11.6. The molecule has 96 valence electrons. The van der Waals surface area contributed by atoms with Gasteiger partial charge in [-0.25, -0.2) is 9.78 Å². The lowest BCUT2D eigenvalue weighted by atomic mass is 10.1. The van der Waals surface area contributed by atoms with Crippen molar-refractivity contribution >= 4 is 11.9 Å². The highest BCUT2D eigenvalue weighted by Gasteiger charge is 2.23. The zero-order valence-electron chi connectivity index (χ0n) is 9.59. The molecular weight excluding hydrogens is 236 g/mol. The monoisotopic (exact) mass is 250 g/mol. The molecule has 0 bridgehead atoms. The van der Waals surface area contributed by atoms with Gasteiger partial charge in [-0.2, -0.15) is 0 Å². The highest BCUT2D eigenvalue weighted by atomic mass is 16.4. The van der Waals surface area contributed by atoms with E-state index in [1.54, 1.807) is 0 Å². The van der Waals surface area contributed by atoms with Gasteiger partial charge in [-0.15, -0.1) is 12.3 Å². The molecule has 0 saturated carbocycles. The maximum atomic E-state index is 11.6. The Bertz CT molecular complexity index is 449. The first-order chi connectivity index (χ1) is 8.54. The molecule has 2 atom stereocenters. The Balaban J connectivity index is 2.61. The number of carboxylic acid groups (broad SMARTS) is 1. The third-order valence-corrected chi connectivity index (χ3v) is 2.27. The number of aliphatic carboxylic acids is 1. The molecule has 1 aromatic rings. The summed E-state index contributed by atoms with van der Waals surface area (Å²) < 4.78 is 0. The Morgan fingerprint density at radius 1 is 1.67 bits per heavy atom. The topological polar surface area (TPSA) is 121 Å². The molecule has 7 heteroatoms. The normalized spacial score (nSPS) is 13.3. The lowest BCUT2D eigenvalue weighted by molar-refractivity contribution is -0.142. The van der Waals surface area contributed by atoms with E-state index in [9.17, 15) is 9.59 Å². The van der Waals surface area contributed by atoms with Gasteiger partial charge in [0, 0.05) is 24.7 Å². The van der Waals surface area contributed by atoms with Crippen LogP contribution < -0.4 is 11.1 Å². The molecule has 1 unspecified atom stereocenters. The van der Waals surface area contributed by atoms with Crippen LogP contribution in [0.3, 0.4) is 0 Å². The Labute approximate surface area is 104 Å². The number of nitrogens with one attached hydrogen (secondary N) is 2. The molecule has 0 fully saturated rings. The lowest BCUT2D eigenvalue weighted by Crippen LogP contribution is -2.49. The molecule has 18 heavy (non-hydrogen) atoms. The number of aromatic amines is 1. The number of carbonyl (C=O) groups excluding carboxylic acids is 1. The molecule has 0 aliphatic heterocycles. The number of H-pyrrole nitrogens is 1. The Morgan fingerprint density at radius 3 is 2.89 bits per heavy atom. The van der Waals surface area contributed by atoms with Crippen molar-refractivity contribution in [2.45, 2.75) is 24.9 Å². The van der Waals surface area contributed by atoms with Crippen molar-refractivity contribution in [1.29, 1.82) is 0 Å². The van der Waals surface area contributed by atoms with Crippen molar-refractivity contribution in [1.82, 2.24) is 15.3 Å². The van der Waals surface area contributed by atoms with Gasteiger partial charge in [-0.3, -0.25) is 4.79 Å². The first-order valence-corrected chi connectivity index (χ1v) is 5.24. The number of nitrogens with two attached hydrogens (primary N) is 1. The first kappa shape index (κ1) is 13.7. The average Bonchev–Trinajstić information content (AvgIpc) is 2.81. The predicted octanol–water partition coefficient (Wildman–Crippen LogP) is -1.13. The lowest BCUT2D eigenvalue weighted by Gasteiger charge is -2.16. The second kappa shape index (κ2) is 6.42. The summed E-state index contributed by atoms with van der Waals surface area (Å²) in [6, 6.07) is -1.97. The second-order valence-electron chi connectivity index (χ2n) is 3.70. The fraction of sp³-hybridized carbons (Fsp3) is 0.364. The van der Waals surface area contributed by atoms with E-state index in [4.69, 9.17) is 17.3 Å². The summed E-state index contributed by atoms with van der Waals surface area (Å²) in [7, 11) is 0. The van der Waals surface area contributed by atoms with Gasteiger partial charge in [-0.1, -0.05) is 0 Å². The fourth-order valence-corrected chi connectivity index (χ4v) is 1.31. The number of terminal acetylenes is 1. The van der Waals surface area contributed by atoms with Crippen LogP contribution in [0.2, 0.25) is 0 Å². The summed E-state index contributed by atoms with van der Waals surface area (Å²) in [6.07, 6.45) is 8.11. The van der Waals surface area contributed by atoms with Gasteiger partial charge >= 0.3 is 5.97 Å². The molecule has 1 aromatic heterocycles.